The normalized spacial score (nSPS) is 11.0. The summed E-state index contributed by atoms with van der Waals surface area (Å²) in [5.74, 6) is -0.420. The first-order chi connectivity index (χ1) is 9.22. The Bertz CT molecular complexity index is 491. The van der Waals surface area contributed by atoms with Crippen molar-refractivity contribution in [3.63, 3.8) is 0 Å². The molecule has 6 nitrogen and oxygen atoms in total. The van der Waals surface area contributed by atoms with Crippen molar-refractivity contribution in [2.45, 2.75) is 0 Å². The van der Waals surface area contributed by atoms with E-state index >= 15 is 0 Å². The topological polar surface area (TPSA) is 100 Å². The Morgan fingerprint density at radius 1 is 1.42 bits per heavy atom. The van der Waals surface area contributed by atoms with Gasteiger partial charge in [-0.25, -0.2) is 4.79 Å². The molecule has 0 amide bonds. The van der Waals surface area contributed by atoms with Crippen molar-refractivity contribution in [1.29, 1.82) is 5.26 Å². The van der Waals surface area contributed by atoms with E-state index in [1.54, 1.807) is 0 Å². The number of anilines is 1. The van der Waals surface area contributed by atoms with Crippen LogP contribution in [0.1, 0.15) is 0 Å². The number of hydrogen-bond acceptors (Lipinski definition) is 6. The molecule has 0 saturated carbocycles. The number of hydrogen-bond donors (Lipinski definition) is 3. The van der Waals surface area contributed by atoms with Crippen molar-refractivity contribution < 1.29 is 9.53 Å². The summed E-state index contributed by atoms with van der Waals surface area (Å²) >= 11 is 0. The van der Waals surface area contributed by atoms with E-state index in [9.17, 15) is 4.79 Å². The van der Waals surface area contributed by atoms with Crippen LogP contribution < -0.4 is 16.4 Å². The van der Waals surface area contributed by atoms with Crippen LogP contribution >= 0.6 is 0 Å². The van der Waals surface area contributed by atoms with Crippen molar-refractivity contribution in [1.82, 2.24) is 5.32 Å². The van der Waals surface area contributed by atoms with Gasteiger partial charge in [-0.2, -0.15) is 5.26 Å². The van der Waals surface area contributed by atoms with Gasteiger partial charge in [0.25, 0.3) is 0 Å². The number of ether oxygens (including phenoxy) is 1. The van der Waals surface area contributed by atoms with Gasteiger partial charge in [0.05, 0.1) is 7.11 Å². The van der Waals surface area contributed by atoms with E-state index in [4.69, 9.17) is 11.0 Å². The van der Waals surface area contributed by atoms with Crippen LogP contribution in [-0.2, 0) is 9.53 Å². The molecular weight excluding hydrogens is 244 g/mol. The number of rotatable bonds is 6. The Hall–Kier alpha value is -2.52. The third-order valence-electron chi connectivity index (χ3n) is 2.24. The SMILES string of the molecule is COC(=O)C(C#N)=C(NCCN)Nc1ccccc1. The van der Waals surface area contributed by atoms with Crippen LogP contribution in [0.2, 0.25) is 0 Å². The Morgan fingerprint density at radius 3 is 2.63 bits per heavy atom. The molecule has 0 radical (unpaired) electrons. The van der Waals surface area contributed by atoms with Crippen molar-refractivity contribution >= 4 is 11.7 Å². The van der Waals surface area contributed by atoms with Crippen molar-refractivity contribution in [2.24, 2.45) is 5.73 Å². The first-order valence-electron chi connectivity index (χ1n) is 5.71. The van der Waals surface area contributed by atoms with Gasteiger partial charge < -0.3 is 21.1 Å². The molecule has 1 aromatic carbocycles. The average molecular weight is 260 g/mol. The number of nitrogens with zero attached hydrogens (tertiary/aromatic N) is 1. The number of esters is 1. The third kappa shape index (κ3) is 4.33. The molecule has 1 rings (SSSR count). The summed E-state index contributed by atoms with van der Waals surface area (Å²) in [6.45, 7) is 0.803. The molecule has 0 aromatic heterocycles. The monoisotopic (exact) mass is 260 g/mol. The van der Waals surface area contributed by atoms with Gasteiger partial charge in [-0.3, -0.25) is 0 Å². The van der Waals surface area contributed by atoms with Gasteiger partial charge >= 0.3 is 5.97 Å². The highest BCUT2D eigenvalue weighted by Crippen LogP contribution is 2.11. The molecule has 1 aromatic rings. The lowest BCUT2D eigenvalue weighted by molar-refractivity contribution is -0.135. The molecule has 19 heavy (non-hydrogen) atoms. The molecule has 0 saturated heterocycles. The highest BCUT2D eigenvalue weighted by atomic mass is 16.5. The van der Waals surface area contributed by atoms with Gasteiger partial charge in [0, 0.05) is 18.8 Å². The number of methoxy groups -OCH3 is 1. The fourth-order valence-electron chi connectivity index (χ4n) is 1.36. The minimum Gasteiger partial charge on any atom is -0.465 e. The summed E-state index contributed by atoms with van der Waals surface area (Å²) in [6.07, 6.45) is 0. The zero-order valence-electron chi connectivity index (χ0n) is 10.6. The number of benzene rings is 1. The average Bonchev–Trinajstić information content (AvgIpc) is 2.46. The second-order valence-corrected chi connectivity index (χ2v) is 3.56. The summed E-state index contributed by atoms with van der Waals surface area (Å²) in [6, 6.07) is 11.0. The van der Waals surface area contributed by atoms with E-state index in [1.807, 2.05) is 36.4 Å². The zero-order valence-corrected chi connectivity index (χ0v) is 10.6. The summed E-state index contributed by atoms with van der Waals surface area (Å²) in [5.41, 5.74) is 6.03. The van der Waals surface area contributed by atoms with Crippen molar-refractivity contribution in [2.75, 3.05) is 25.5 Å². The lowest BCUT2D eigenvalue weighted by Gasteiger charge is -2.14. The number of nitriles is 1. The lowest BCUT2D eigenvalue weighted by Crippen LogP contribution is -2.29. The number of carbonyl (C=O) groups excluding carboxylic acids is 1. The van der Waals surface area contributed by atoms with Crippen LogP contribution in [0.5, 0.6) is 0 Å². The summed E-state index contributed by atoms with van der Waals surface area (Å²) in [7, 11) is 1.22. The molecule has 0 fully saturated rings. The number of nitrogens with two attached hydrogens (primary N) is 1. The summed E-state index contributed by atoms with van der Waals surface area (Å²) < 4.78 is 4.57. The second-order valence-electron chi connectivity index (χ2n) is 3.56. The number of carbonyl (C=O) groups is 1. The smallest absolute Gasteiger partial charge is 0.352 e. The van der Waals surface area contributed by atoms with Gasteiger partial charge in [-0.1, -0.05) is 18.2 Å². The van der Waals surface area contributed by atoms with E-state index < -0.39 is 5.97 Å². The van der Waals surface area contributed by atoms with Crippen molar-refractivity contribution in [3.8, 4) is 6.07 Å². The molecule has 0 atom stereocenters. The Morgan fingerprint density at radius 2 is 2.11 bits per heavy atom. The predicted octanol–water partition coefficient (Wildman–Crippen LogP) is 0.555. The number of para-hydroxylation sites is 1. The Balaban J connectivity index is 3.03. The molecule has 0 unspecified atom stereocenters. The second kappa shape index (κ2) is 7.74. The fraction of sp³-hybridized carbons (Fsp3) is 0.231. The summed E-state index contributed by atoms with van der Waals surface area (Å²) in [4.78, 5) is 11.5. The molecule has 4 N–H and O–H groups in total. The van der Waals surface area contributed by atoms with Crippen LogP contribution in [-0.4, -0.2) is 26.2 Å². The maximum Gasteiger partial charge on any atom is 0.352 e. The molecule has 0 aliphatic rings. The standard InChI is InChI=1S/C13H16N4O2/c1-19-13(18)11(9-15)12(16-8-7-14)17-10-5-3-2-4-6-10/h2-6,16-17H,7-8,14H2,1H3. The minimum atomic E-state index is -0.703. The van der Waals surface area contributed by atoms with Crippen LogP contribution in [0, 0.1) is 11.3 Å². The van der Waals surface area contributed by atoms with E-state index in [2.05, 4.69) is 15.4 Å². The van der Waals surface area contributed by atoms with Gasteiger partial charge in [-0.05, 0) is 12.1 Å². The first kappa shape index (κ1) is 14.5. The summed E-state index contributed by atoms with van der Waals surface area (Å²) in [5, 5.41) is 14.9. The van der Waals surface area contributed by atoms with E-state index in [-0.39, 0.29) is 11.4 Å². The highest BCUT2D eigenvalue weighted by Gasteiger charge is 2.16. The Kier molecular flexibility index (Phi) is 5.92. The molecule has 0 heterocycles. The molecule has 0 aliphatic carbocycles. The molecule has 0 spiro atoms. The number of nitrogens with one attached hydrogen (secondary N) is 2. The molecular formula is C13H16N4O2. The lowest BCUT2D eigenvalue weighted by atomic mass is 10.2. The van der Waals surface area contributed by atoms with Gasteiger partial charge in [-0.15, -0.1) is 0 Å². The van der Waals surface area contributed by atoms with Gasteiger partial charge in [0.15, 0.2) is 5.57 Å². The first-order valence-corrected chi connectivity index (χ1v) is 5.71. The predicted molar refractivity (Wildman–Crippen MR) is 71.8 cm³/mol. The quantitative estimate of drug-likeness (QED) is 0.392. The van der Waals surface area contributed by atoms with E-state index in [0.717, 1.165) is 5.69 Å². The highest BCUT2D eigenvalue weighted by molar-refractivity contribution is 5.94. The largest absolute Gasteiger partial charge is 0.465 e. The van der Waals surface area contributed by atoms with Crippen LogP contribution in [0.3, 0.4) is 0 Å². The maximum atomic E-state index is 11.5. The van der Waals surface area contributed by atoms with E-state index in [1.165, 1.54) is 7.11 Å². The van der Waals surface area contributed by atoms with Gasteiger partial charge in [0.2, 0.25) is 0 Å². The molecule has 6 heteroatoms. The van der Waals surface area contributed by atoms with Gasteiger partial charge in [0.1, 0.15) is 11.9 Å². The molecule has 100 valence electrons. The zero-order chi connectivity index (χ0) is 14.1. The van der Waals surface area contributed by atoms with Crippen LogP contribution in [0.4, 0.5) is 5.69 Å². The van der Waals surface area contributed by atoms with Crippen molar-refractivity contribution in [3.05, 3.63) is 41.7 Å². The Labute approximate surface area is 111 Å². The molecule has 0 bridgehead atoms. The van der Waals surface area contributed by atoms with Crippen LogP contribution in [0.15, 0.2) is 41.7 Å². The van der Waals surface area contributed by atoms with E-state index in [0.29, 0.717) is 13.1 Å². The maximum absolute atomic E-state index is 11.5. The fourth-order valence-corrected chi connectivity index (χ4v) is 1.36. The van der Waals surface area contributed by atoms with Crippen LogP contribution in [0.25, 0.3) is 0 Å². The minimum absolute atomic E-state index is 0.125. The third-order valence-corrected chi connectivity index (χ3v) is 2.24. The molecule has 0 aliphatic heterocycles.